The van der Waals surface area contributed by atoms with E-state index in [1.54, 1.807) is 12.1 Å². The van der Waals surface area contributed by atoms with Crippen molar-refractivity contribution in [2.75, 3.05) is 26.2 Å². The fourth-order valence-corrected chi connectivity index (χ4v) is 4.85. The summed E-state index contributed by atoms with van der Waals surface area (Å²) in [6.45, 7) is 19.3. The molecule has 0 amide bonds. The van der Waals surface area contributed by atoms with Crippen molar-refractivity contribution < 1.29 is 8.87 Å². The Labute approximate surface area is 202 Å². The number of aryl methyl sites for hydroxylation is 1. The highest BCUT2D eigenvalue weighted by Gasteiger charge is 2.24. The van der Waals surface area contributed by atoms with E-state index in [0.717, 1.165) is 0 Å². The van der Waals surface area contributed by atoms with Crippen LogP contribution < -0.4 is 5.46 Å². The number of quaternary nitrogens is 1. The average molecular weight is 450 g/mol. The molecule has 0 N–H and O–H groups in total. The Kier molecular flexibility index (Phi) is 20.2. The lowest BCUT2D eigenvalue weighted by atomic mass is 9.64. The first kappa shape index (κ1) is 31.2. The molecular weight excluding hydrogens is 392 g/mol. The number of halogens is 1. The molecule has 0 spiro atoms. The molecule has 0 atom stereocenters. The van der Waals surface area contributed by atoms with Crippen molar-refractivity contribution in [2.45, 2.75) is 125 Å². The molecule has 0 aliphatic heterocycles. The minimum atomic E-state index is -0.105. The van der Waals surface area contributed by atoms with Crippen LogP contribution in [0.1, 0.15) is 117 Å². The van der Waals surface area contributed by atoms with Gasteiger partial charge in [-0.2, -0.15) is 6.32 Å². The molecule has 0 heterocycles. The van der Waals surface area contributed by atoms with Gasteiger partial charge in [-0.3, -0.25) is 0 Å². The van der Waals surface area contributed by atoms with E-state index in [9.17, 15) is 4.39 Å². The van der Waals surface area contributed by atoms with Gasteiger partial charge in [-0.05, 0) is 46.0 Å². The normalized spacial score (nSPS) is 11.3. The van der Waals surface area contributed by atoms with Crippen LogP contribution in [0.5, 0.6) is 0 Å². The van der Waals surface area contributed by atoms with Crippen LogP contribution in [0.3, 0.4) is 0 Å². The summed E-state index contributed by atoms with van der Waals surface area (Å²) in [5.41, 5.74) is 2.57. The van der Waals surface area contributed by atoms with Gasteiger partial charge in [0.25, 0.3) is 0 Å². The molecule has 188 valence electrons. The van der Waals surface area contributed by atoms with E-state index in [1.165, 1.54) is 125 Å². The van der Waals surface area contributed by atoms with Gasteiger partial charge in [0.05, 0.1) is 26.2 Å². The predicted octanol–water partition coefficient (Wildman–Crippen LogP) is 7.93. The summed E-state index contributed by atoms with van der Waals surface area (Å²) < 4.78 is 14.4. The molecule has 0 saturated carbocycles. The summed E-state index contributed by atoms with van der Waals surface area (Å²) in [6, 6.07) is 5.19. The Bertz CT molecular complexity index is 508. The quantitative estimate of drug-likeness (QED) is 0.121. The Morgan fingerprint density at radius 1 is 0.656 bits per heavy atom. The van der Waals surface area contributed by atoms with Gasteiger partial charge in [-0.1, -0.05) is 104 Å². The van der Waals surface area contributed by atoms with Crippen LogP contribution in [-0.4, -0.2) is 37.9 Å². The highest BCUT2D eigenvalue weighted by molar-refractivity contribution is 6.53. The van der Waals surface area contributed by atoms with Gasteiger partial charge < -0.3 is 4.48 Å². The fourth-order valence-electron chi connectivity index (χ4n) is 4.85. The van der Waals surface area contributed by atoms with Gasteiger partial charge >= 0.3 is 0 Å². The number of unbranched alkanes of at least 4 members (excludes halogenated alkanes) is 7. The van der Waals surface area contributed by atoms with Crippen LogP contribution in [0.25, 0.3) is 0 Å². The lowest BCUT2D eigenvalue weighted by molar-refractivity contribution is -0.929. The smallest absolute Gasteiger partial charge is 0.120 e. The van der Waals surface area contributed by atoms with Crippen molar-refractivity contribution in [3.05, 3.63) is 29.6 Å². The third kappa shape index (κ3) is 15.1. The van der Waals surface area contributed by atoms with Gasteiger partial charge in [0.2, 0.25) is 0 Å². The maximum absolute atomic E-state index is 13.0. The highest BCUT2D eigenvalue weighted by atomic mass is 19.1. The van der Waals surface area contributed by atoms with E-state index in [4.69, 9.17) is 0 Å². The van der Waals surface area contributed by atoms with Crippen molar-refractivity contribution in [3.8, 4) is 0 Å². The maximum Gasteiger partial charge on any atom is 0.120 e. The number of rotatable bonds is 18. The van der Waals surface area contributed by atoms with Crippen molar-refractivity contribution in [3.63, 3.8) is 0 Å². The molecule has 0 aromatic heterocycles. The first-order chi connectivity index (χ1) is 15.5. The zero-order valence-corrected chi connectivity index (χ0v) is 23.1. The zero-order chi connectivity index (χ0) is 24.1. The van der Waals surface area contributed by atoms with Crippen LogP contribution in [0.2, 0.25) is 6.32 Å². The van der Waals surface area contributed by atoms with Crippen LogP contribution >= 0.6 is 0 Å². The van der Waals surface area contributed by atoms with Crippen molar-refractivity contribution in [1.29, 1.82) is 0 Å². The molecule has 0 radical (unpaired) electrons. The molecule has 0 unspecified atom stereocenters. The van der Waals surface area contributed by atoms with E-state index in [1.807, 2.05) is 6.07 Å². The molecule has 0 fully saturated rings. The van der Waals surface area contributed by atoms with E-state index < -0.39 is 0 Å². The van der Waals surface area contributed by atoms with Crippen molar-refractivity contribution >= 4 is 12.7 Å². The van der Waals surface area contributed by atoms with E-state index in [-0.39, 0.29) is 13.1 Å². The number of benzene rings is 1. The SMILES string of the molecule is CCCCCC[BH2-]c1cc(F)ccc1C.CCCC[N+](CCCC)(CCCC)CCCC. The third-order valence-electron chi connectivity index (χ3n) is 7.25. The Morgan fingerprint density at radius 2 is 1.12 bits per heavy atom. The minimum absolute atomic E-state index is 0.0760. The van der Waals surface area contributed by atoms with Gasteiger partial charge in [-0.25, -0.2) is 9.85 Å². The second-order valence-corrected chi connectivity index (χ2v) is 10.3. The molecule has 0 saturated heterocycles. The highest BCUT2D eigenvalue weighted by Crippen LogP contribution is 2.16. The Hall–Kier alpha value is -0.825. The first-order valence-corrected chi connectivity index (χ1v) is 14.4. The van der Waals surface area contributed by atoms with Crippen LogP contribution in [0.4, 0.5) is 4.39 Å². The van der Waals surface area contributed by atoms with Crippen LogP contribution in [0, 0.1) is 12.7 Å². The molecule has 32 heavy (non-hydrogen) atoms. The minimum Gasteiger partial charge on any atom is -0.324 e. The first-order valence-electron chi connectivity index (χ1n) is 14.4. The zero-order valence-electron chi connectivity index (χ0n) is 23.1. The molecular formula is C29H57BFN. The molecule has 0 bridgehead atoms. The topological polar surface area (TPSA) is 0 Å². The number of hydrogen-bond donors (Lipinski definition) is 0. The lowest BCUT2D eigenvalue weighted by Gasteiger charge is -2.39. The molecule has 0 aliphatic rings. The standard InChI is InChI=1S/C16H36N.C13H21BF/c1-5-9-13-17(14-10-6-2,15-11-7-3)16-12-8-4;1-3-4-5-6-9-14-13-10-12(15)8-7-11(13)2/h5-16H2,1-4H3;7-8,10H,3-6,9,14H2,1-2H3/q+1;-1. The number of nitrogens with zero attached hydrogens (tertiary/aromatic N) is 1. The van der Waals surface area contributed by atoms with E-state index in [2.05, 4.69) is 41.5 Å². The molecule has 1 rings (SSSR count). The second-order valence-electron chi connectivity index (χ2n) is 10.3. The van der Waals surface area contributed by atoms with Crippen LogP contribution in [0.15, 0.2) is 18.2 Å². The monoisotopic (exact) mass is 449 g/mol. The molecule has 1 nitrogen and oxygen atoms in total. The van der Waals surface area contributed by atoms with Gasteiger partial charge in [0, 0.05) is 0 Å². The Morgan fingerprint density at radius 3 is 1.56 bits per heavy atom. The predicted molar refractivity (Wildman–Crippen MR) is 148 cm³/mol. The van der Waals surface area contributed by atoms with E-state index >= 15 is 0 Å². The summed E-state index contributed by atoms with van der Waals surface area (Å²) in [5.74, 6) is -0.0760. The second kappa shape index (κ2) is 20.8. The molecule has 1 aromatic rings. The van der Waals surface area contributed by atoms with Gasteiger partial charge in [0.15, 0.2) is 0 Å². The molecule has 3 heteroatoms. The molecule has 1 aromatic carbocycles. The molecule has 0 aliphatic carbocycles. The summed E-state index contributed by atoms with van der Waals surface area (Å²) >= 11 is 0. The summed E-state index contributed by atoms with van der Waals surface area (Å²) in [7, 11) is -0.105. The van der Waals surface area contributed by atoms with Crippen molar-refractivity contribution in [2.24, 2.45) is 0 Å². The largest absolute Gasteiger partial charge is 0.324 e. The summed E-state index contributed by atoms with van der Waals surface area (Å²) in [6.07, 6.45) is 17.7. The third-order valence-corrected chi connectivity index (χ3v) is 7.25. The Balaban J connectivity index is 0.000000604. The summed E-state index contributed by atoms with van der Waals surface area (Å²) in [4.78, 5) is 0. The van der Waals surface area contributed by atoms with Gasteiger partial charge in [0.1, 0.15) is 5.82 Å². The lowest BCUT2D eigenvalue weighted by Crippen LogP contribution is -2.50. The van der Waals surface area contributed by atoms with Gasteiger partial charge in [-0.15, -0.1) is 0 Å². The summed E-state index contributed by atoms with van der Waals surface area (Å²) in [5, 5.41) is 0. The maximum atomic E-state index is 13.0. The average Bonchev–Trinajstić information content (AvgIpc) is 2.80. The van der Waals surface area contributed by atoms with Crippen molar-refractivity contribution in [1.82, 2.24) is 0 Å². The number of hydrogen-bond acceptors (Lipinski definition) is 0. The fraction of sp³-hybridized carbons (Fsp3) is 0.793. The van der Waals surface area contributed by atoms with Crippen LogP contribution in [-0.2, 0) is 0 Å². The van der Waals surface area contributed by atoms with E-state index in [0.29, 0.717) is 0 Å².